The normalized spacial score (nSPS) is 11.5. The zero-order valence-electron chi connectivity index (χ0n) is 11.9. The number of rotatable bonds is 4. The minimum absolute atomic E-state index is 0.320. The van der Waals surface area contributed by atoms with Crippen LogP contribution in [-0.4, -0.2) is 13.1 Å². The van der Waals surface area contributed by atoms with Crippen LogP contribution in [0.15, 0.2) is 24.3 Å². The van der Waals surface area contributed by atoms with E-state index in [9.17, 15) is 4.79 Å². The molecule has 2 heteroatoms. The highest BCUT2D eigenvalue weighted by atomic mass is 16.5. The van der Waals surface area contributed by atoms with Crippen LogP contribution in [0.2, 0.25) is 0 Å². The molecule has 0 saturated heterocycles. The summed E-state index contributed by atoms with van der Waals surface area (Å²) in [5.74, 6) is 0.597. The zero-order chi connectivity index (χ0) is 13.7. The Morgan fingerprint density at radius 2 is 1.83 bits per heavy atom. The van der Waals surface area contributed by atoms with Crippen molar-refractivity contribution in [2.24, 2.45) is 0 Å². The second-order valence-corrected chi connectivity index (χ2v) is 5.05. The molecule has 0 aliphatic rings. The molecule has 0 aliphatic carbocycles. The number of hydrogen-bond donors (Lipinski definition) is 0. The maximum absolute atomic E-state index is 11.2. The van der Waals surface area contributed by atoms with Gasteiger partial charge in [0.25, 0.3) is 0 Å². The second kappa shape index (κ2) is 6.39. The Kier molecular flexibility index (Phi) is 5.14. The van der Waals surface area contributed by atoms with Crippen LogP contribution >= 0.6 is 0 Å². The average molecular weight is 246 g/mol. The van der Waals surface area contributed by atoms with Crippen molar-refractivity contribution in [3.05, 3.63) is 41.0 Å². The lowest BCUT2D eigenvalue weighted by Gasteiger charge is -2.13. The number of methoxy groups -OCH3 is 1. The molecule has 0 aliphatic heterocycles. The van der Waals surface area contributed by atoms with Gasteiger partial charge in [-0.2, -0.15) is 0 Å². The Bertz CT molecular complexity index is 442. The monoisotopic (exact) mass is 246 g/mol. The van der Waals surface area contributed by atoms with Gasteiger partial charge in [0.2, 0.25) is 0 Å². The lowest BCUT2D eigenvalue weighted by molar-refractivity contribution is -0.134. The van der Waals surface area contributed by atoms with E-state index in [0.717, 1.165) is 5.56 Å². The minimum Gasteiger partial charge on any atom is -0.466 e. The summed E-state index contributed by atoms with van der Waals surface area (Å²) in [6.45, 7) is 8.64. The summed E-state index contributed by atoms with van der Waals surface area (Å²) in [4.78, 5) is 11.2. The third kappa shape index (κ3) is 3.73. The predicted octanol–water partition coefficient (Wildman–Crippen LogP) is 4.12. The van der Waals surface area contributed by atoms with E-state index in [-0.39, 0.29) is 5.97 Å². The Hall–Kier alpha value is -1.57. The van der Waals surface area contributed by atoms with E-state index < -0.39 is 0 Å². The van der Waals surface area contributed by atoms with Crippen molar-refractivity contribution in [2.45, 2.75) is 39.5 Å². The lowest BCUT2D eigenvalue weighted by atomic mass is 9.92. The largest absolute Gasteiger partial charge is 0.466 e. The SMILES string of the molecule is COC(=O)/C=C/c1cc(C(C)C)ccc1C(C)C. The molecule has 0 atom stereocenters. The van der Waals surface area contributed by atoms with Gasteiger partial charge < -0.3 is 4.74 Å². The van der Waals surface area contributed by atoms with Gasteiger partial charge in [-0.25, -0.2) is 4.79 Å². The Morgan fingerprint density at radius 1 is 1.17 bits per heavy atom. The smallest absolute Gasteiger partial charge is 0.330 e. The van der Waals surface area contributed by atoms with Gasteiger partial charge in [0, 0.05) is 6.08 Å². The van der Waals surface area contributed by atoms with Gasteiger partial charge >= 0.3 is 5.97 Å². The van der Waals surface area contributed by atoms with Gasteiger partial charge in [-0.3, -0.25) is 0 Å². The summed E-state index contributed by atoms with van der Waals surface area (Å²) < 4.78 is 4.62. The van der Waals surface area contributed by atoms with Crippen molar-refractivity contribution in [1.29, 1.82) is 0 Å². The summed E-state index contributed by atoms with van der Waals surface area (Å²) >= 11 is 0. The maximum Gasteiger partial charge on any atom is 0.330 e. The molecule has 0 N–H and O–H groups in total. The first-order valence-electron chi connectivity index (χ1n) is 6.35. The quantitative estimate of drug-likeness (QED) is 0.590. The third-order valence-corrected chi connectivity index (χ3v) is 3.00. The van der Waals surface area contributed by atoms with Crippen LogP contribution in [0.1, 0.15) is 56.2 Å². The van der Waals surface area contributed by atoms with E-state index in [4.69, 9.17) is 0 Å². The average Bonchev–Trinajstić information content (AvgIpc) is 2.35. The minimum atomic E-state index is -0.320. The molecule has 0 spiro atoms. The van der Waals surface area contributed by atoms with E-state index in [1.807, 2.05) is 6.08 Å². The molecule has 1 rings (SSSR count). The Morgan fingerprint density at radius 3 is 2.33 bits per heavy atom. The third-order valence-electron chi connectivity index (χ3n) is 3.00. The highest BCUT2D eigenvalue weighted by Gasteiger charge is 2.07. The number of esters is 1. The number of ether oxygens (including phenoxy) is 1. The molecule has 18 heavy (non-hydrogen) atoms. The van der Waals surface area contributed by atoms with Gasteiger partial charge in [0.1, 0.15) is 0 Å². The summed E-state index contributed by atoms with van der Waals surface area (Å²) in [7, 11) is 1.39. The molecular formula is C16H22O2. The Labute approximate surface area is 110 Å². The standard InChI is InChI=1S/C16H22O2/c1-11(2)13-6-8-15(12(3)4)14(10-13)7-9-16(17)18-5/h6-12H,1-5H3/b9-7+. The van der Waals surface area contributed by atoms with Crippen molar-refractivity contribution in [3.8, 4) is 0 Å². The summed E-state index contributed by atoms with van der Waals surface area (Å²) in [6, 6.07) is 6.46. The molecule has 1 aromatic rings. The van der Waals surface area contributed by atoms with E-state index in [1.54, 1.807) is 0 Å². The molecule has 0 heterocycles. The molecule has 0 radical (unpaired) electrons. The number of hydrogen-bond acceptors (Lipinski definition) is 2. The molecule has 0 saturated carbocycles. The number of carbonyl (C=O) groups excluding carboxylic acids is 1. The highest BCUT2D eigenvalue weighted by Crippen LogP contribution is 2.25. The Balaban J connectivity index is 3.15. The van der Waals surface area contributed by atoms with Crippen LogP contribution in [0.5, 0.6) is 0 Å². The fraction of sp³-hybridized carbons (Fsp3) is 0.438. The van der Waals surface area contributed by atoms with Crippen molar-refractivity contribution < 1.29 is 9.53 Å². The molecule has 0 unspecified atom stereocenters. The van der Waals surface area contributed by atoms with Gasteiger partial charge in [-0.05, 0) is 34.6 Å². The van der Waals surface area contributed by atoms with Crippen LogP contribution < -0.4 is 0 Å². The highest BCUT2D eigenvalue weighted by molar-refractivity contribution is 5.87. The molecule has 0 bridgehead atoms. The lowest BCUT2D eigenvalue weighted by Crippen LogP contribution is -1.97. The first kappa shape index (κ1) is 14.5. The first-order chi connectivity index (χ1) is 8.45. The molecule has 2 nitrogen and oxygen atoms in total. The predicted molar refractivity (Wildman–Crippen MR) is 75.7 cm³/mol. The van der Waals surface area contributed by atoms with E-state index in [1.165, 1.54) is 24.3 Å². The van der Waals surface area contributed by atoms with Gasteiger partial charge in [-0.1, -0.05) is 45.9 Å². The van der Waals surface area contributed by atoms with Gasteiger partial charge in [0.05, 0.1) is 7.11 Å². The molecule has 0 aromatic heterocycles. The number of benzene rings is 1. The van der Waals surface area contributed by atoms with Crippen molar-refractivity contribution in [3.63, 3.8) is 0 Å². The fourth-order valence-electron chi connectivity index (χ4n) is 1.85. The summed E-state index contributed by atoms with van der Waals surface area (Å²) in [5, 5.41) is 0. The zero-order valence-corrected chi connectivity index (χ0v) is 11.9. The summed E-state index contributed by atoms with van der Waals surface area (Å²) in [5.41, 5.74) is 3.63. The van der Waals surface area contributed by atoms with Crippen LogP contribution in [0.25, 0.3) is 6.08 Å². The fourth-order valence-corrected chi connectivity index (χ4v) is 1.85. The van der Waals surface area contributed by atoms with Crippen LogP contribution in [-0.2, 0) is 9.53 Å². The molecular weight excluding hydrogens is 224 g/mol. The van der Waals surface area contributed by atoms with Crippen molar-refractivity contribution in [1.82, 2.24) is 0 Å². The van der Waals surface area contributed by atoms with E-state index in [0.29, 0.717) is 11.8 Å². The maximum atomic E-state index is 11.2. The first-order valence-corrected chi connectivity index (χ1v) is 6.35. The summed E-state index contributed by atoms with van der Waals surface area (Å²) in [6.07, 6.45) is 3.32. The van der Waals surface area contributed by atoms with Crippen LogP contribution in [0, 0.1) is 0 Å². The topological polar surface area (TPSA) is 26.3 Å². The van der Waals surface area contributed by atoms with Gasteiger partial charge in [0.15, 0.2) is 0 Å². The van der Waals surface area contributed by atoms with Gasteiger partial charge in [-0.15, -0.1) is 0 Å². The second-order valence-electron chi connectivity index (χ2n) is 5.05. The van der Waals surface area contributed by atoms with E-state index >= 15 is 0 Å². The molecule has 0 amide bonds. The molecule has 0 fully saturated rings. The molecule has 98 valence electrons. The molecule has 1 aromatic carbocycles. The van der Waals surface area contributed by atoms with Crippen molar-refractivity contribution >= 4 is 12.0 Å². The van der Waals surface area contributed by atoms with Crippen molar-refractivity contribution in [2.75, 3.05) is 7.11 Å². The van der Waals surface area contributed by atoms with Crippen LogP contribution in [0.4, 0.5) is 0 Å². The van der Waals surface area contributed by atoms with Crippen LogP contribution in [0.3, 0.4) is 0 Å². The number of carbonyl (C=O) groups is 1. The van der Waals surface area contributed by atoms with E-state index in [2.05, 4.69) is 50.6 Å².